The predicted molar refractivity (Wildman–Crippen MR) is 125 cm³/mol. The number of amides is 1. The topological polar surface area (TPSA) is 88.5 Å². The summed E-state index contributed by atoms with van der Waals surface area (Å²) in [5, 5.41) is 13.9. The van der Waals surface area contributed by atoms with E-state index in [0.717, 1.165) is 33.0 Å². The van der Waals surface area contributed by atoms with Gasteiger partial charge in [0, 0.05) is 29.3 Å². The van der Waals surface area contributed by atoms with E-state index in [0.29, 0.717) is 5.56 Å². The van der Waals surface area contributed by atoms with Gasteiger partial charge >= 0.3 is 12.1 Å². The van der Waals surface area contributed by atoms with Crippen molar-refractivity contribution in [3.8, 4) is 11.1 Å². The largest absolute Gasteiger partial charge is 0.481 e. The van der Waals surface area contributed by atoms with Gasteiger partial charge in [0.15, 0.2) is 0 Å². The number of rotatable bonds is 6. The third-order valence-corrected chi connectivity index (χ3v) is 6.09. The predicted octanol–water partition coefficient (Wildman–Crippen LogP) is 5.29. The van der Waals surface area contributed by atoms with Crippen molar-refractivity contribution in [1.29, 1.82) is 0 Å². The number of aliphatic carboxylic acids is 1. The molecule has 1 atom stereocenters. The van der Waals surface area contributed by atoms with Gasteiger partial charge in [0.2, 0.25) is 0 Å². The number of nitrogens with one attached hydrogen (secondary N) is 1. The number of nitrogens with zero attached hydrogens (tertiary/aromatic N) is 1. The highest BCUT2D eigenvalue weighted by molar-refractivity contribution is 5.86. The molecule has 0 saturated carbocycles. The van der Waals surface area contributed by atoms with E-state index in [2.05, 4.69) is 34.6 Å². The maximum atomic E-state index is 12.8. The van der Waals surface area contributed by atoms with Crippen LogP contribution in [-0.2, 0) is 9.53 Å². The SMILES string of the molecule is O=C(O)C[C@H](NC(=O)OCC1c2ccccc2-c2ccccc21)c1cncc2ccccc12. The van der Waals surface area contributed by atoms with Gasteiger partial charge in [-0.1, -0.05) is 72.8 Å². The monoisotopic (exact) mass is 438 g/mol. The lowest BCUT2D eigenvalue weighted by Gasteiger charge is -2.20. The highest BCUT2D eigenvalue weighted by atomic mass is 16.5. The molecule has 0 saturated heterocycles. The highest BCUT2D eigenvalue weighted by Crippen LogP contribution is 2.44. The molecule has 2 N–H and O–H groups in total. The lowest BCUT2D eigenvalue weighted by molar-refractivity contribution is -0.137. The number of alkyl carbamates (subject to hydrolysis) is 1. The number of ether oxygens (including phenoxy) is 1. The molecule has 164 valence electrons. The Morgan fingerprint density at radius 1 is 0.909 bits per heavy atom. The molecular formula is C27H22N2O4. The van der Waals surface area contributed by atoms with Crippen molar-refractivity contribution in [1.82, 2.24) is 10.3 Å². The van der Waals surface area contributed by atoms with Crippen LogP contribution in [0.25, 0.3) is 21.9 Å². The van der Waals surface area contributed by atoms with Crippen molar-refractivity contribution in [2.45, 2.75) is 18.4 Å². The van der Waals surface area contributed by atoms with Gasteiger partial charge in [0.1, 0.15) is 6.61 Å². The molecule has 5 rings (SSSR count). The number of pyridine rings is 1. The molecular weight excluding hydrogens is 416 g/mol. The maximum Gasteiger partial charge on any atom is 0.407 e. The molecule has 0 unspecified atom stereocenters. The first-order chi connectivity index (χ1) is 16.1. The van der Waals surface area contributed by atoms with Gasteiger partial charge in [-0.3, -0.25) is 9.78 Å². The molecule has 3 aromatic carbocycles. The fraction of sp³-hybridized carbons (Fsp3) is 0.148. The summed E-state index contributed by atoms with van der Waals surface area (Å²) in [6, 6.07) is 23.0. The summed E-state index contributed by atoms with van der Waals surface area (Å²) < 4.78 is 5.62. The van der Waals surface area contributed by atoms with Crippen LogP contribution in [0, 0.1) is 0 Å². The Hall–Kier alpha value is -4.19. The second-order valence-corrected chi connectivity index (χ2v) is 8.07. The minimum absolute atomic E-state index is 0.0692. The first-order valence-corrected chi connectivity index (χ1v) is 10.8. The Kier molecular flexibility index (Phi) is 5.48. The van der Waals surface area contributed by atoms with Gasteiger partial charge in [-0.25, -0.2) is 4.79 Å². The van der Waals surface area contributed by atoms with Crippen LogP contribution in [-0.4, -0.2) is 28.8 Å². The molecule has 4 aromatic rings. The average Bonchev–Trinajstić information content (AvgIpc) is 3.15. The Balaban J connectivity index is 1.36. The van der Waals surface area contributed by atoms with E-state index in [1.165, 1.54) is 0 Å². The number of hydrogen-bond donors (Lipinski definition) is 2. The number of carbonyl (C=O) groups is 2. The zero-order valence-corrected chi connectivity index (χ0v) is 17.8. The Labute approximate surface area is 190 Å². The van der Waals surface area contributed by atoms with Crippen molar-refractivity contribution >= 4 is 22.8 Å². The smallest absolute Gasteiger partial charge is 0.407 e. The fourth-order valence-electron chi connectivity index (χ4n) is 4.61. The lowest BCUT2D eigenvalue weighted by atomic mass is 9.98. The molecule has 1 aliphatic carbocycles. The molecule has 0 fully saturated rings. The minimum atomic E-state index is -1.02. The van der Waals surface area contributed by atoms with Gasteiger partial charge in [-0.2, -0.15) is 0 Å². The normalized spacial score (nSPS) is 13.2. The molecule has 0 radical (unpaired) electrons. The zero-order chi connectivity index (χ0) is 22.8. The number of benzene rings is 3. The maximum absolute atomic E-state index is 12.8. The lowest BCUT2D eigenvalue weighted by Crippen LogP contribution is -2.32. The van der Waals surface area contributed by atoms with Crippen LogP contribution in [0.4, 0.5) is 4.79 Å². The van der Waals surface area contributed by atoms with Crippen molar-refractivity contribution < 1.29 is 19.4 Å². The number of hydrogen-bond acceptors (Lipinski definition) is 4. The van der Waals surface area contributed by atoms with Crippen molar-refractivity contribution in [3.05, 3.63) is 102 Å². The van der Waals surface area contributed by atoms with Gasteiger partial charge in [-0.15, -0.1) is 0 Å². The van der Waals surface area contributed by atoms with Crippen molar-refractivity contribution in [2.75, 3.05) is 6.61 Å². The molecule has 6 heteroatoms. The number of carbonyl (C=O) groups excluding carboxylic acids is 1. The van der Waals surface area contributed by atoms with E-state index in [4.69, 9.17) is 4.74 Å². The molecule has 33 heavy (non-hydrogen) atoms. The van der Waals surface area contributed by atoms with Gasteiger partial charge < -0.3 is 15.2 Å². The number of carboxylic acid groups (broad SMARTS) is 1. The Morgan fingerprint density at radius 3 is 2.24 bits per heavy atom. The molecule has 1 amide bonds. The number of fused-ring (bicyclic) bond motifs is 4. The number of aromatic nitrogens is 1. The summed E-state index contributed by atoms with van der Waals surface area (Å²) in [6.45, 7) is 0.160. The molecule has 0 bridgehead atoms. The van der Waals surface area contributed by atoms with Gasteiger partial charge in [-0.05, 0) is 27.6 Å². The third-order valence-electron chi connectivity index (χ3n) is 6.09. The van der Waals surface area contributed by atoms with E-state index < -0.39 is 18.1 Å². The molecule has 1 heterocycles. The summed E-state index contributed by atoms with van der Waals surface area (Å²) >= 11 is 0. The summed E-state index contributed by atoms with van der Waals surface area (Å²) in [5.41, 5.74) is 5.17. The molecule has 1 aliphatic rings. The van der Waals surface area contributed by atoms with Crippen LogP contribution in [0.5, 0.6) is 0 Å². The average molecular weight is 438 g/mol. The Morgan fingerprint density at radius 2 is 1.55 bits per heavy atom. The first kappa shape index (κ1) is 20.7. The van der Waals surface area contributed by atoms with Crippen molar-refractivity contribution in [2.24, 2.45) is 0 Å². The van der Waals surface area contributed by atoms with Crippen LogP contribution < -0.4 is 5.32 Å². The minimum Gasteiger partial charge on any atom is -0.481 e. The van der Waals surface area contributed by atoms with E-state index in [1.54, 1.807) is 12.4 Å². The van der Waals surface area contributed by atoms with E-state index in [1.807, 2.05) is 48.5 Å². The van der Waals surface area contributed by atoms with Gasteiger partial charge in [0.25, 0.3) is 0 Å². The van der Waals surface area contributed by atoms with Crippen LogP contribution in [0.3, 0.4) is 0 Å². The molecule has 1 aromatic heterocycles. The van der Waals surface area contributed by atoms with E-state index >= 15 is 0 Å². The second kappa shape index (κ2) is 8.74. The summed E-state index contributed by atoms with van der Waals surface area (Å²) in [6.07, 6.45) is 2.37. The standard InChI is InChI=1S/C27H22N2O4/c30-26(31)13-25(23-15-28-14-17-7-1-2-8-18(17)23)29-27(32)33-16-24-21-11-5-3-9-19(21)20-10-4-6-12-22(20)24/h1-12,14-15,24-25H,13,16H2,(H,29,32)(H,30,31)/t25-/m0/s1. The van der Waals surface area contributed by atoms with Crippen LogP contribution in [0.2, 0.25) is 0 Å². The van der Waals surface area contributed by atoms with Crippen LogP contribution in [0.1, 0.15) is 35.1 Å². The van der Waals surface area contributed by atoms with Crippen LogP contribution in [0.15, 0.2) is 85.2 Å². The second-order valence-electron chi connectivity index (χ2n) is 8.07. The Bertz CT molecular complexity index is 1300. The highest BCUT2D eigenvalue weighted by Gasteiger charge is 2.29. The van der Waals surface area contributed by atoms with Gasteiger partial charge in [0.05, 0.1) is 12.5 Å². The van der Waals surface area contributed by atoms with E-state index in [9.17, 15) is 14.7 Å². The summed E-state index contributed by atoms with van der Waals surface area (Å²) in [4.78, 5) is 28.5. The van der Waals surface area contributed by atoms with Crippen molar-refractivity contribution in [3.63, 3.8) is 0 Å². The molecule has 0 aliphatic heterocycles. The fourth-order valence-corrected chi connectivity index (χ4v) is 4.61. The first-order valence-electron chi connectivity index (χ1n) is 10.8. The molecule has 6 nitrogen and oxygen atoms in total. The van der Waals surface area contributed by atoms with Crippen LogP contribution >= 0.6 is 0 Å². The molecule has 0 spiro atoms. The summed E-state index contributed by atoms with van der Waals surface area (Å²) in [7, 11) is 0. The third kappa shape index (κ3) is 4.03. The summed E-state index contributed by atoms with van der Waals surface area (Å²) in [5.74, 6) is -1.09. The zero-order valence-electron chi connectivity index (χ0n) is 17.8. The quantitative estimate of drug-likeness (QED) is 0.427. The van der Waals surface area contributed by atoms with E-state index in [-0.39, 0.29) is 18.9 Å². The number of carboxylic acids is 1.